The molecule has 0 fully saturated rings. The van der Waals surface area contributed by atoms with Crippen molar-refractivity contribution in [2.75, 3.05) is 0 Å². The molecule has 160 valence electrons. The number of hydrogen-bond donors (Lipinski definition) is 0. The van der Waals surface area contributed by atoms with E-state index in [1.807, 2.05) is 43.3 Å². The lowest BCUT2D eigenvalue weighted by Gasteiger charge is -2.13. The van der Waals surface area contributed by atoms with Gasteiger partial charge in [0, 0.05) is 10.9 Å². The van der Waals surface area contributed by atoms with E-state index in [4.69, 9.17) is 0 Å². The lowest BCUT2D eigenvalue weighted by Crippen LogP contribution is -2.28. The van der Waals surface area contributed by atoms with Crippen molar-refractivity contribution in [3.8, 4) is 11.4 Å². The van der Waals surface area contributed by atoms with Crippen LogP contribution in [0.5, 0.6) is 0 Å². The lowest BCUT2D eigenvalue weighted by atomic mass is 10.1. The van der Waals surface area contributed by atoms with E-state index in [0.717, 1.165) is 23.3 Å². The van der Waals surface area contributed by atoms with Crippen LogP contribution in [-0.2, 0) is 12.7 Å². The summed E-state index contributed by atoms with van der Waals surface area (Å²) in [5.74, 6) is 0.407. The van der Waals surface area contributed by atoms with E-state index in [9.17, 15) is 18.0 Å². The monoisotopic (exact) mass is 434 g/mol. The van der Waals surface area contributed by atoms with E-state index in [2.05, 4.69) is 10.1 Å². The van der Waals surface area contributed by atoms with Crippen molar-refractivity contribution in [3.63, 3.8) is 0 Å². The van der Waals surface area contributed by atoms with Gasteiger partial charge in [0.05, 0.1) is 17.6 Å². The van der Waals surface area contributed by atoms with Crippen LogP contribution in [0.2, 0.25) is 0 Å². The highest BCUT2D eigenvalue weighted by molar-refractivity contribution is 5.92. The first kappa shape index (κ1) is 20.0. The zero-order chi connectivity index (χ0) is 22.5. The molecular weight excluding hydrogens is 417 g/mol. The van der Waals surface area contributed by atoms with Gasteiger partial charge in [-0.3, -0.25) is 4.57 Å². The minimum absolute atomic E-state index is 0.0288. The molecule has 2 aromatic heterocycles. The van der Waals surface area contributed by atoms with Gasteiger partial charge in [0.25, 0.3) is 0 Å². The molecule has 3 aromatic carbocycles. The summed E-state index contributed by atoms with van der Waals surface area (Å²) in [6, 6.07) is 19.8. The molecule has 0 amide bonds. The molecule has 0 spiro atoms. The third kappa shape index (κ3) is 3.43. The van der Waals surface area contributed by atoms with Gasteiger partial charge in [-0.1, -0.05) is 54.1 Å². The fraction of sp³-hybridized carbons (Fsp3) is 0.125. The van der Waals surface area contributed by atoms with Gasteiger partial charge >= 0.3 is 11.9 Å². The minimum atomic E-state index is -4.46. The summed E-state index contributed by atoms with van der Waals surface area (Å²) in [4.78, 5) is 17.9. The van der Waals surface area contributed by atoms with E-state index in [-0.39, 0.29) is 6.54 Å². The number of nitrogens with zero attached hydrogens (tertiary/aromatic N) is 4. The maximum absolute atomic E-state index is 13.3. The maximum Gasteiger partial charge on any atom is 0.416 e. The van der Waals surface area contributed by atoms with E-state index >= 15 is 0 Å². The Hall–Kier alpha value is -3.94. The number of aryl methyl sites for hydroxylation is 1. The fourth-order valence-corrected chi connectivity index (χ4v) is 3.74. The fourth-order valence-electron chi connectivity index (χ4n) is 3.74. The Morgan fingerprint density at radius 1 is 0.938 bits per heavy atom. The second-order valence-corrected chi connectivity index (χ2v) is 7.62. The van der Waals surface area contributed by atoms with E-state index in [1.54, 1.807) is 18.2 Å². The molecule has 0 aliphatic carbocycles. The van der Waals surface area contributed by atoms with Crippen molar-refractivity contribution in [2.24, 2.45) is 0 Å². The Morgan fingerprint density at radius 2 is 1.69 bits per heavy atom. The third-order valence-electron chi connectivity index (χ3n) is 5.36. The maximum atomic E-state index is 13.3. The van der Waals surface area contributed by atoms with Crippen molar-refractivity contribution in [3.05, 3.63) is 100.0 Å². The zero-order valence-electron chi connectivity index (χ0n) is 17.0. The van der Waals surface area contributed by atoms with Gasteiger partial charge < -0.3 is 0 Å². The van der Waals surface area contributed by atoms with Crippen LogP contribution >= 0.6 is 0 Å². The van der Waals surface area contributed by atoms with Gasteiger partial charge in [-0.25, -0.2) is 9.78 Å². The molecule has 5 aromatic rings. The topological polar surface area (TPSA) is 52.2 Å². The van der Waals surface area contributed by atoms with Crippen molar-refractivity contribution in [1.29, 1.82) is 0 Å². The van der Waals surface area contributed by atoms with Crippen LogP contribution in [0, 0.1) is 6.92 Å². The SMILES string of the molecule is Cc1ccc(-c2nc3c4ccccc4n(Cc4cccc(C(F)(F)F)c4)c(=O)n3n2)cc1. The van der Waals surface area contributed by atoms with Crippen LogP contribution in [-0.4, -0.2) is 19.2 Å². The number of fused-ring (bicyclic) bond motifs is 3. The third-order valence-corrected chi connectivity index (χ3v) is 5.36. The normalized spacial score (nSPS) is 12.0. The molecule has 0 radical (unpaired) electrons. The molecule has 0 aliphatic rings. The van der Waals surface area contributed by atoms with Crippen molar-refractivity contribution in [1.82, 2.24) is 19.2 Å². The molecule has 0 atom stereocenters. The second-order valence-electron chi connectivity index (χ2n) is 7.62. The highest BCUT2D eigenvalue weighted by Crippen LogP contribution is 2.30. The number of hydrogen-bond acceptors (Lipinski definition) is 3. The first-order chi connectivity index (χ1) is 15.3. The van der Waals surface area contributed by atoms with E-state index in [0.29, 0.717) is 27.9 Å². The average Bonchev–Trinajstić information content (AvgIpc) is 3.23. The van der Waals surface area contributed by atoms with E-state index < -0.39 is 17.4 Å². The molecule has 32 heavy (non-hydrogen) atoms. The summed E-state index contributed by atoms with van der Waals surface area (Å²) in [5, 5.41) is 5.10. The summed E-state index contributed by atoms with van der Waals surface area (Å²) in [6.07, 6.45) is -4.46. The summed E-state index contributed by atoms with van der Waals surface area (Å²) in [6.45, 7) is 1.94. The van der Waals surface area contributed by atoms with Crippen LogP contribution in [0.15, 0.2) is 77.6 Å². The largest absolute Gasteiger partial charge is 0.416 e. The zero-order valence-corrected chi connectivity index (χ0v) is 17.0. The van der Waals surface area contributed by atoms with Crippen LogP contribution in [0.25, 0.3) is 27.9 Å². The molecular formula is C24H17F3N4O. The Bertz CT molecular complexity index is 1520. The molecule has 0 saturated carbocycles. The number of para-hydroxylation sites is 1. The quantitative estimate of drug-likeness (QED) is 0.398. The molecule has 0 saturated heterocycles. The summed E-state index contributed by atoms with van der Waals surface area (Å²) in [5.41, 5.74) is 1.98. The Kier molecular flexibility index (Phi) is 4.58. The minimum Gasteiger partial charge on any atom is -0.287 e. The number of rotatable bonds is 3. The van der Waals surface area contributed by atoms with Crippen LogP contribution in [0.1, 0.15) is 16.7 Å². The first-order valence-electron chi connectivity index (χ1n) is 9.93. The van der Waals surface area contributed by atoms with Gasteiger partial charge in [-0.2, -0.15) is 17.7 Å². The van der Waals surface area contributed by atoms with Crippen LogP contribution < -0.4 is 5.69 Å². The van der Waals surface area contributed by atoms with E-state index in [1.165, 1.54) is 15.1 Å². The molecule has 0 unspecified atom stereocenters. The molecule has 5 nitrogen and oxygen atoms in total. The molecule has 0 N–H and O–H groups in total. The van der Waals surface area contributed by atoms with Crippen molar-refractivity contribution in [2.45, 2.75) is 19.6 Å². The number of halogens is 3. The Balaban J connectivity index is 1.70. The van der Waals surface area contributed by atoms with Gasteiger partial charge in [-0.05, 0) is 36.8 Å². The van der Waals surface area contributed by atoms with Gasteiger partial charge in [0.15, 0.2) is 11.5 Å². The second kappa shape index (κ2) is 7.33. The van der Waals surface area contributed by atoms with Crippen molar-refractivity contribution < 1.29 is 13.2 Å². The number of aromatic nitrogens is 4. The highest BCUT2D eigenvalue weighted by atomic mass is 19.4. The predicted octanol–water partition coefficient (Wildman–Crippen LogP) is 5.09. The molecule has 0 aliphatic heterocycles. The lowest BCUT2D eigenvalue weighted by molar-refractivity contribution is -0.137. The summed E-state index contributed by atoms with van der Waals surface area (Å²) >= 11 is 0. The first-order valence-corrected chi connectivity index (χ1v) is 9.93. The number of alkyl halides is 3. The van der Waals surface area contributed by atoms with Gasteiger partial charge in [0.1, 0.15) is 0 Å². The van der Waals surface area contributed by atoms with Crippen molar-refractivity contribution >= 4 is 16.6 Å². The molecule has 5 rings (SSSR count). The van der Waals surface area contributed by atoms with Gasteiger partial charge in [0.2, 0.25) is 0 Å². The average molecular weight is 434 g/mol. The number of benzene rings is 3. The summed E-state index contributed by atoms with van der Waals surface area (Å²) in [7, 11) is 0. The molecule has 8 heteroatoms. The van der Waals surface area contributed by atoms with Crippen LogP contribution in [0.4, 0.5) is 13.2 Å². The molecule has 2 heterocycles. The molecule has 0 bridgehead atoms. The standard InChI is InChI=1S/C24H17F3N4O/c1-15-9-11-17(12-10-15)21-28-22-19-7-2-3-8-20(19)30(23(32)31(22)29-21)14-16-5-4-6-18(13-16)24(25,26)27/h2-13H,14H2,1H3. The summed E-state index contributed by atoms with van der Waals surface area (Å²) < 4.78 is 42.1. The predicted molar refractivity (Wildman–Crippen MR) is 115 cm³/mol. The van der Waals surface area contributed by atoms with Gasteiger partial charge in [-0.15, -0.1) is 5.10 Å². The highest BCUT2D eigenvalue weighted by Gasteiger charge is 2.30. The smallest absolute Gasteiger partial charge is 0.287 e. The Labute approximate surface area is 180 Å². The van der Waals surface area contributed by atoms with Crippen LogP contribution in [0.3, 0.4) is 0 Å². The Morgan fingerprint density at radius 3 is 2.44 bits per heavy atom.